The van der Waals surface area contributed by atoms with Crippen LogP contribution in [0.2, 0.25) is 5.02 Å². The van der Waals surface area contributed by atoms with Crippen molar-refractivity contribution in [2.45, 2.75) is 19.7 Å². The van der Waals surface area contributed by atoms with Crippen LogP contribution in [-0.2, 0) is 16.1 Å². The molecular formula is C26H19ClF2N6O5. The number of hydrogen-bond donors (Lipinski definition) is 0. The third kappa shape index (κ3) is 5.45. The van der Waals surface area contributed by atoms with Gasteiger partial charge in [0.1, 0.15) is 6.54 Å². The highest BCUT2D eigenvalue weighted by Crippen LogP contribution is 2.36. The number of halogens is 3. The predicted molar refractivity (Wildman–Crippen MR) is 136 cm³/mol. The van der Waals surface area contributed by atoms with Gasteiger partial charge in [-0.15, -0.1) is 15.3 Å². The van der Waals surface area contributed by atoms with E-state index in [4.69, 9.17) is 25.8 Å². The number of esters is 1. The fraction of sp³-hybridized carbons (Fsp3) is 0.154. The Bertz CT molecular complexity index is 1630. The molecule has 4 aromatic rings. The van der Waals surface area contributed by atoms with E-state index in [2.05, 4.69) is 20.5 Å². The van der Waals surface area contributed by atoms with Crippen LogP contribution in [0.3, 0.4) is 0 Å². The highest BCUT2D eigenvalue weighted by atomic mass is 35.5. The van der Waals surface area contributed by atoms with Crippen molar-refractivity contribution < 1.29 is 32.6 Å². The summed E-state index contributed by atoms with van der Waals surface area (Å²) >= 11 is 5.88. The predicted octanol–water partition coefficient (Wildman–Crippen LogP) is 4.39. The van der Waals surface area contributed by atoms with Gasteiger partial charge in [-0.1, -0.05) is 41.9 Å². The Labute approximate surface area is 230 Å². The first-order chi connectivity index (χ1) is 19.2. The third-order valence-electron chi connectivity index (χ3n) is 5.68. The first kappa shape index (κ1) is 26.7. The van der Waals surface area contributed by atoms with Gasteiger partial charge in [0.25, 0.3) is 0 Å². The SMILES string of the molecule is COc1cc(C2OC(Cn3nnc(-c4ccccc4)n3)=NN2C(C)=O)ccc1OC(=O)c1cc(F)c(F)cc1Cl. The fourth-order valence-corrected chi connectivity index (χ4v) is 4.01. The van der Waals surface area contributed by atoms with E-state index in [9.17, 15) is 18.4 Å². The minimum absolute atomic E-state index is 0.00192. The summed E-state index contributed by atoms with van der Waals surface area (Å²) in [5, 5.41) is 17.5. The lowest BCUT2D eigenvalue weighted by Crippen LogP contribution is -2.25. The van der Waals surface area contributed by atoms with Crippen molar-refractivity contribution in [2.75, 3.05) is 7.11 Å². The van der Waals surface area contributed by atoms with Gasteiger partial charge >= 0.3 is 5.97 Å². The monoisotopic (exact) mass is 568 g/mol. The summed E-state index contributed by atoms with van der Waals surface area (Å²) in [6.45, 7) is 1.32. The molecule has 0 radical (unpaired) electrons. The van der Waals surface area contributed by atoms with Crippen LogP contribution in [0.5, 0.6) is 11.5 Å². The van der Waals surface area contributed by atoms with Crippen LogP contribution >= 0.6 is 11.6 Å². The van der Waals surface area contributed by atoms with Crippen molar-refractivity contribution in [1.29, 1.82) is 0 Å². The molecule has 3 aromatic carbocycles. The molecule has 1 amide bonds. The van der Waals surface area contributed by atoms with Crippen LogP contribution in [0.25, 0.3) is 11.4 Å². The maximum Gasteiger partial charge on any atom is 0.345 e. The van der Waals surface area contributed by atoms with Crippen molar-refractivity contribution in [3.8, 4) is 22.9 Å². The van der Waals surface area contributed by atoms with Gasteiger partial charge in [0.05, 0.1) is 17.7 Å². The van der Waals surface area contributed by atoms with Gasteiger partial charge in [0.2, 0.25) is 23.9 Å². The molecule has 0 saturated carbocycles. The summed E-state index contributed by atoms with van der Waals surface area (Å²) < 4.78 is 43.6. The summed E-state index contributed by atoms with van der Waals surface area (Å²) in [5.41, 5.74) is 0.850. The molecule has 1 aromatic heterocycles. The molecule has 204 valence electrons. The Kier molecular flexibility index (Phi) is 7.38. The van der Waals surface area contributed by atoms with E-state index in [0.29, 0.717) is 23.5 Å². The maximum atomic E-state index is 13.6. The molecule has 1 aliphatic rings. The number of amides is 1. The molecule has 1 atom stereocenters. The number of hydrazone groups is 1. The molecule has 0 saturated heterocycles. The van der Waals surface area contributed by atoms with E-state index >= 15 is 0 Å². The van der Waals surface area contributed by atoms with Gasteiger partial charge in [-0.3, -0.25) is 4.79 Å². The Hall–Kier alpha value is -4.91. The number of carbonyl (C=O) groups is 2. The van der Waals surface area contributed by atoms with Crippen LogP contribution in [0, 0.1) is 11.6 Å². The van der Waals surface area contributed by atoms with Crippen molar-refractivity contribution in [3.05, 3.63) is 88.4 Å². The molecular weight excluding hydrogens is 550 g/mol. The Morgan fingerprint density at radius 2 is 1.80 bits per heavy atom. The van der Waals surface area contributed by atoms with Crippen molar-refractivity contribution >= 4 is 29.4 Å². The lowest BCUT2D eigenvalue weighted by Gasteiger charge is -2.20. The van der Waals surface area contributed by atoms with Gasteiger partial charge < -0.3 is 14.2 Å². The average Bonchev–Trinajstić information content (AvgIpc) is 3.59. The zero-order valence-electron chi connectivity index (χ0n) is 20.9. The average molecular weight is 569 g/mol. The zero-order chi connectivity index (χ0) is 28.4. The largest absolute Gasteiger partial charge is 0.493 e. The first-order valence-corrected chi connectivity index (χ1v) is 12.0. The number of nitrogens with zero attached hydrogens (tertiary/aromatic N) is 6. The van der Waals surface area contributed by atoms with Crippen molar-refractivity contribution in [3.63, 3.8) is 0 Å². The minimum Gasteiger partial charge on any atom is -0.493 e. The van der Waals surface area contributed by atoms with Crippen LogP contribution in [0.15, 0.2) is 65.8 Å². The first-order valence-electron chi connectivity index (χ1n) is 11.7. The fourth-order valence-electron chi connectivity index (χ4n) is 3.78. The highest BCUT2D eigenvalue weighted by molar-refractivity contribution is 6.33. The standard InChI is InChI=1S/C26H19ClF2N6O5/c1-14(36)35-25(40-23(31-35)13-34-32-24(30-33-34)15-6-4-3-5-7-15)16-8-9-21(22(10-16)38-2)39-26(37)17-11-19(28)20(29)12-18(17)27/h3-12,25H,13H2,1-2H3. The van der Waals surface area contributed by atoms with E-state index in [1.54, 1.807) is 0 Å². The Balaban J connectivity index is 1.34. The van der Waals surface area contributed by atoms with Gasteiger partial charge in [-0.2, -0.15) is 9.81 Å². The number of ether oxygens (including phenoxy) is 3. The smallest absolute Gasteiger partial charge is 0.345 e. The van der Waals surface area contributed by atoms with Gasteiger partial charge in [-0.25, -0.2) is 13.6 Å². The number of rotatable bonds is 7. The number of aromatic nitrogens is 4. The molecule has 14 heteroatoms. The minimum atomic E-state index is -1.26. The summed E-state index contributed by atoms with van der Waals surface area (Å²) in [6, 6.07) is 15.0. The Morgan fingerprint density at radius 1 is 1.05 bits per heavy atom. The molecule has 0 aliphatic carbocycles. The maximum absolute atomic E-state index is 13.6. The molecule has 0 fully saturated rings. The number of tetrazole rings is 1. The molecule has 1 aliphatic heterocycles. The third-order valence-corrected chi connectivity index (χ3v) is 5.99. The summed E-state index contributed by atoms with van der Waals surface area (Å²) in [7, 11) is 1.34. The molecule has 0 N–H and O–H groups in total. The number of carbonyl (C=O) groups excluding carboxylic acids is 2. The van der Waals surface area contributed by atoms with Crippen LogP contribution in [0.1, 0.15) is 29.1 Å². The second kappa shape index (κ2) is 11.1. The van der Waals surface area contributed by atoms with E-state index in [1.165, 1.54) is 37.0 Å². The van der Waals surface area contributed by atoms with Crippen LogP contribution in [0.4, 0.5) is 8.78 Å². The van der Waals surface area contributed by atoms with Gasteiger partial charge in [0.15, 0.2) is 23.1 Å². The molecule has 40 heavy (non-hydrogen) atoms. The number of benzene rings is 3. The number of hydrogen-bond acceptors (Lipinski definition) is 9. The summed E-state index contributed by atoms with van der Waals surface area (Å²) in [5.74, 6) is -3.26. The second-order valence-electron chi connectivity index (χ2n) is 8.38. The van der Waals surface area contributed by atoms with Crippen LogP contribution in [-0.4, -0.2) is 50.1 Å². The number of methoxy groups -OCH3 is 1. The molecule has 5 rings (SSSR count). The summed E-state index contributed by atoms with van der Waals surface area (Å²) in [6.07, 6.45) is -0.969. The summed E-state index contributed by atoms with van der Waals surface area (Å²) in [4.78, 5) is 26.2. The molecule has 11 nitrogen and oxygen atoms in total. The molecule has 0 spiro atoms. The highest BCUT2D eigenvalue weighted by Gasteiger charge is 2.34. The normalized spacial score (nSPS) is 14.5. The Morgan fingerprint density at radius 3 is 2.52 bits per heavy atom. The van der Waals surface area contributed by atoms with Crippen molar-refractivity contribution in [2.24, 2.45) is 5.10 Å². The quantitative estimate of drug-likeness (QED) is 0.183. The van der Waals surface area contributed by atoms with E-state index in [-0.39, 0.29) is 34.5 Å². The molecule has 0 bridgehead atoms. The van der Waals surface area contributed by atoms with E-state index in [1.807, 2.05) is 30.3 Å². The lowest BCUT2D eigenvalue weighted by atomic mass is 10.1. The van der Waals surface area contributed by atoms with Gasteiger partial charge in [-0.05, 0) is 35.5 Å². The second-order valence-corrected chi connectivity index (χ2v) is 8.79. The lowest BCUT2D eigenvalue weighted by molar-refractivity contribution is -0.135. The topological polar surface area (TPSA) is 121 Å². The molecule has 1 unspecified atom stereocenters. The molecule has 2 heterocycles. The van der Waals surface area contributed by atoms with E-state index in [0.717, 1.165) is 10.6 Å². The van der Waals surface area contributed by atoms with Crippen molar-refractivity contribution in [1.82, 2.24) is 25.2 Å². The van der Waals surface area contributed by atoms with Crippen LogP contribution < -0.4 is 9.47 Å². The van der Waals surface area contributed by atoms with E-state index < -0.39 is 29.7 Å². The zero-order valence-corrected chi connectivity index (χ0v) is 21.7. The van der Waals surface area contributed by atoms with Gasteiger partial charge in [0, 0.05) is 18.1 Å².